The monoisotopic (exact) mass is 275 g/mol. The molecule has 0 saturated heterocycles. The number of ether oxygens (including phenoxy) is 1. The van der Waals surface area contributed by atoms with E-state index in [0.717, 1.165) is 4.47 Å². The van der Waals surface area contributed by atoms with Crippen LogP contribution in [0.2, 0.25) is 0 Å². The van der Waals surface area contributed by atoms with E-state index in [0.29, 0.717) is 19.0 Å². The van der Waals surface area contributed by atoms with Gasteiger partial charge in [-0.3, -0.25) is 0 Å². The predicted molar refractivity (Wildman–Crippen MR) is 55.0 cm³/mol. The van der Waals surface area contributed by atoms with Gasteiger partial charge < -0.3 is 14.7 Å². The third-order valence-electron chi connectivity index (χ3n) is 2.39. The second-order valence-electron chi connectivity index (χ2n) is 3.34. The van der Waals surface area contributed by atoms with Gasteiger partial charge in [0, 0.05) is 7.05 Å². The molecule has 2 rings (SSSR count). The summed E-state index contributed by atoms with van der Waals surface area (Å²) in [5.41, 5.74) is 0. The van der Waals surface area contributed by atoms with Crippen molar-refractivity contribution in [3.05, 3.63) is 10.7 Å². The number of rotatable bonds is 1. The Hall–Kier alpha value is -1.24. The van der Waals surface area contributed by atoms with Crippen molar-refractivity contribution in [1.82, 2.24) is 14.7 Å². The maximum atomic E-state index is 10.7. The second-order valence-corrected chi connectivity index (χ2v) is 4.19. The Bertz CT molecular complexity index is 392. The first-order chi connectivity index (χ1) is 7.09. The highest BCUT2D eigenvalue weighted by atomic mass is 79.9. The van der Waals surface area contributed by atoms with Crippen molar-refractivity contribution in [2.75, 3.05) is 13.7 Å². The molecule has 15 heavy (non-hydrogen) atoms. The normalized spacial score (nSPS) is 19.2. The van der Waals surface area contributed by atoms with E-state index < -0.39 is 6.09 Å². The number of halogens is 1. The highest BCUT2D eigenvalue weighted by Crippen LogP contribution is 2.27. The number of carboxylic acid groups (broad SMARTS) is 1. The number of aromatic nitrogens is 2. The van der Waals surface area contributed by atoms with E-state index in [4.69, 9.17) is 9.84 Å². The number of hydrogen-bond acceptors (Lipinski definition) is 3. The van der Waals surface area contributed by atoms with Crippen molar-refractivity contribution in [1.29, 1.82) is 0 Å². The van der Waals surface area contributed by atoms with Gasteiger partial charge in [-0.25, -0.2) is 9.48 Å². The fourth-order valence-corrected chi connectivity index (χ4v) is 1.85. The minimum absolute atomic E-state index is 0.193. The van der Waals surface area contributed by atoms with Crippen molar-refractivity contribution in [3.8, 4) is 5.88 Å². The van der Waals surface area contributed by atoms with Crippen LogP contribution >= 0.6 is 15.9 Å². The first kappa shape index (κ1) is 10.3. The smallest absolute Gasteiger partial charge is 0.407 e. The number of fused-ring (bicyclic) bond motifs is 1. The van der Waals surface area contributed by atoms with Crippen LogP contribution in [0.5, 0.6) is 5.88 Å². The van der Waals surface area contributed by atoms with E-state index in [2.05, 4.69) is 21.0 Å². The first-order valence-corrected chi connectivity index (χ1v) is 5.18. The van der Waals surface area contributed by atoms with Gasteiger partial charge in [-0.2, -0.15) is 5.10 Å². The van der Waals surface area contributed by atoms with Gasteiger partial charge in [0.1, 0.15) is 6.61 Å². The molecule has 0 fully saturated rings. The summed E-state index contributed by atoms with van der Waals surface area (Å²) < 4.78 is 7.87. The fraction of sp³-hybridized carbons (Fsp3) is 0.500. The Kier molecular flexibility index (Phi) is 2.56. The van der Waals surface area contributed by atoms with E-state index in [1.807, 2.05) is 0 Å². The van der Waals surface area contributed by atoms with Crippen molar-refractivity contribution in [3.63, 3.8) is 0 Å². The van der Waals surface area contributed by atoms with Crippen LogP contribution in [0.1, 0.15) is 0 Å². The standard InChI is InChI=1S/C8H10BrN3O3/c1-11(8(13)14)5-3-12-7(15-4-5)6(9)2-10-12/h2,5H,3-4H2,1H3,(H,13,14). The SMILES string of the molecule is CN(C(=O)O)C1COc2c(Br)cnn2C1. The molecule has 7 heteroatoms. The third kappa shape index (κ3) is 1.79. The zero-order valence-electron chi connectivity index (χ0n) is 8.05. The van der Waals surface area contributed by atoms with Crippen LogP contribution in [0.25, 0.3) is 0 Å². The molecule has 1 unspecified atom stereocenters. The molecule has 1 aromatic rings. The van der Waals surface area contributed by atoms with Crippen molar-refractivity contribution in [2.45, 2.75) is 12.6 Å². The van der Waals surface area contributed by atoms with Gasteiger partial charge in [-0.05, 0) is 15.9 Å². The van der Waals surface area contributed by atoms with Gasteiger partial charge in [-0.1, -0.05) is 0 Å². The molecule has 1 aliphatic heterocycles. The first-order valence-electron chi connectivity index (χ1n) is 4.39. The van der Waals surface area contributed by atoms with Crippen LogP contribution in [0.15, 0.2) is 10.7 Å². The van der Waals surface area contributed by atoms with Crippen LogP contribution in [-0.2, 0) is 6.54 Å². The lowest BCUT2D eigenvalue weighted by Gasteiger charge is -2.29. The molecule has 1 N–H and O–H groups in total. The summed E-state index contributed by atoms with van der Waals surface area (Å²) in [6, 6.07) is -0.193. The van der Waals surface area contributed by atoms with Gasteiger partial charge in [0.15, 0.2) is 0 Å². The maximum Gasteiger partial charge on any atom is 0.407 e. The highest BCUT2D eigenvalue weighted by Gasteiger charge is 2.27. The van der Waals surface area contributed by atoms with Gasteiger partial charge in [0.2, 0.25) is 5.88 Å². The molecule has 0 spiro atoms. The largest absolute Gasteiger partial charge is 0.475 e. The van der Waals surface area contributed by atoms with Gasteiger partial charge >= 0.3 is 6.09 Å². The van der Waals surface area contributed by atoms with Crippen LogP contribution in [0.4, 0.5) is 4.79 Å². The summed E-state index contributed by atoms with van der Waals surface area (Å²) >= 11 is 3.30. The topological polar surface area (TPSA) is 67.6 Å². The molecular weight excluding hydrogens is 266 g/mol. The summed E-state index contributed by atoms with van der Waals surface area (Å²) in [6.45, 7) is 0.872. The molecular formula is C8H10BrN3O3. The Morgan fingerprint density at radius 2 is 2.60 bits per heavy atom. The van der Waals surface area contributed by atoms with Crippen LogP contribution < -0.4 is 4.74 Å². The quantitative estimate of drug-likeness (QED) is 0.831. The lowest BCUT2D eigenvalue weighted by molar-refractivity contribution is 0.0886. The summed E-state index contributed by atoms with van der Waals surface area (Å²) in [6.07, 6.45) is 0.677. The molecule has 0 radical (unpaired) electrons. The minimum atomic E-state index is -0.960. The molecule has 0 saturated carbocycles. The Labute approximate surface area is 94.6 Å². The van der Waals surface area contributed by atoms with Crippen molar-refractivity contribution in [2.24, 2.45) is 0 Å². The molecule has 1 atom stereocenters. The molecule has 0 aromatic carbocycles. The molecule has 1 aliphatic rings. The van der Waals surface area contributed by atoms with Gasteiger partial charge in [-0.15, -0.1) is 0 Å². The summed E-state index contributed by atoms with van der Waals surface area (Å²) in [5, 5.41) is 12.9. The Morgan fingerprint density at radius 1 is 1.87 bits per heavy atom. The third-order valence-corrected chi connectivity index (χ3v) is 2.94. The fourth-order valence-electron chi connectivity index (χ4n) is 1.44. The van der Waals surface area contributed by atoms with E-state index in [9.17, 15) is 4.79 Å². The van der Waals surface area contributed by atoms with E-state index in [1.54, 1.807) is 10.9 Å². The Balaban J connectivity index is 2.15. The number of nitrogens with zero attached hydrogens (tertiary/aromatic N) is 3. The lowest BCUT2D eigenvalue weighted by atomic mass is 10.2. The summed E-state index contributed by atoms with van der Waals surface area (Å²) in [4.78, 5) is 12.0. The highest BCUT2D eigenvalue weighted by molar-refractivity contribution is 9.10. The van der Waals surface area contributed by atoms with Crippen LogP contribution in [0.3, 0.4) is 0 Å². The molecule has 2 heterocycles. The zero-order valence-corrected chi connectivity index (χ0v) is 9.64. The molecule has 82 valence electrons. The van der Waals surface area contributed by atoms with Gasteiger partial charge in [0.05, 0.1) is 23.3 Å². The van der Waals surface area contributed by atoms with Crippen LogP contribution in [-0.4, -0.2) is 45.6 Å². The van der Waals surface area contributed by atoms with E-state index >= 15 is 0 Å². The van der Waals surface area contributed by atoms with Gasteiger partial charge in [0.25, 0.3) is 0 Å². The van der Waals surface area contributed by atoms with Crippen molar-refractivity contribution < 1.29 is 14.6 Å². The number of amides is 1. The second kappa shape index (κ2) is 3.73. The average molecular weight is 276 g/mol. The molecule has 0 bridgehead atoms. The lowest BCUT2D eigenvalue weighted by Crippen LogP contribution is -2.45. The van der Waals surface area contributed by atoms with E-state index in [1.165, 1.54) is 11.9 Å². The summed E-state index contributed by atoms with van der Waals surface area (Å²) in [7, 11) is 1.53. The number of hydrogen-bond donors (Lipinski definition) is 1. The van der Waals surface area contributed by atoms with Crippen molar-refractivity contribution >= 4 is 22.0 Å². The minimum Gasteiger partial charge on any atom is -0.475 e. The predicted octanol–water partition coefficient (Wildman–Crippen LogP) is 1.02. The summed E-state index contributed by atoms with van der Waals surface area (Å²) in [5.74, 6) is 0.657. The molecule has 1 aromatic heterocycles. The Morgan fingerprint density at radius 3 is 3.27 bits per heavy atom. The number of carbonyl (C=O) groups is 1. The maximum absolute atomic E-state index is 10.7. The molecule has 1 amide bonds. The zero-order chi connectivity index (χ0) is 11.0. The molecule has 0 aliphatic carbocycles. The van der Waals surface area contributed by atoms with E-state index in [-0.39, 0.29) is 6.04 Å². The molecule has 6 nitrogen and oxygen atoms in total. The average Bonchev–Trinajstić information content (AvgIpc) is 2.59. The number of likely N-dealkylation sites (N-methyl/N-ethyl adjacent to an activating group) is 1. The van der Waals surface area contributed by atoms with Crippen LogP contribution in [0, 0.1) is 0 Å².